The Morgan fingerprint density at radius 2 is 0.552 bits per heavy atom. The van der Waals surface area contributed by atoms with Crippen LogP contribution in [0.25, 0.3) is 0 Å². The highest BCUT2D eigenvalue weighted by Crippen LogP contribution is 2.45. The average molecular weight is 1390 g/mol. The van der Waals surface area contributed by atoms with Gasteiger partial charge in [-0.05, 0) is 122 Å². The number of allylic oxidation sites excluding steroid dienone is 16. The van der Waals surface area contributed by atoms with Crippen molar-refractivity contribution >= 4 is 39.5 Å². The van der Waals surface area contributed by atoms with Gasteiger partial charge in [0.2, 0.25) is 0 Å². The van der Waals surface area contributed by atoms with Crippen LogP contribution < -0.4 is 0 Å². The number of esters is 4. The molecule has 0 aliphatic heterocycles. The molecule has 0 aromatic rings. The van der Waals surface area contributed by atoms with Crippen molar-refractivity contribution in [2.45, 2.75) is 329 Å². The Balaban J connectivity index is 5.37. The van der Waals surface area contributed by atoms with Gasteiger partial charge in [-0.25, -0.2) is 9.13 Å². The number of phosphoric acid groups is 2. The molecular formula is C77H134O17P2. The Kier molecular flexibility index (Phi) is 66.6. The minimum absolute atomic E-state index is 0.0815. The molecule has 19 heteroatoms. The Morgan fingerprint density at radius 3 is 0.917 bits per heavy atom. The van der Waals surface area contributed by atoms with E-state index in [1.54, 1.807) is 0 Å². The molecule has 0 aromatic carbocycles. The normalized spacial score (nSPS) is 14.5. The fourth-order valence-electron chi connectivity index (χ4n) is 9.81. The van der Waals surface area contributed by atoms with Crippen molar-refractivity contribution in [3.8, 4) is 0 Å². The number of aliphatic hydroxyl groups is 1. The Hall–Kier alpha value is -4.02. The van der Waals surface area contributed by atoms with E-state index in [9.17, 15) is 43.2 Å². The fraction of sp³-hybridized carbons (Fsp3) is 0.740. The van der Waals surface area contributed by atoms with Crippen molar-refractivity contribution in [3.63, 3.8) is 0 Å². The fourth-order valence-corrected chi connectivity index (χ4v) is 11.4. The predicted octanol–water partition coefficient (Wildman–Crippen LogP) is 21.2. The minimum Gasteiger partial charge on any atom is -0.462 e. The first-order valence-corrected chi connectivity index (χ1v) is 40.5. The topological polar surface area (TPSA) is 237 Å². The zero-order chi connectivity index (χ0) is 70.4. The van der Waals surface area contributed by atoms with E-state index in [0.717, 1.165) is 141 Å². The first kappa shape index (κ1) is 92.0. The standard InChI is InChI=1S/C77H134O17P2/c1-5-9-13-17-21-25-29-32-34-35-37-40-43-46-50-54-58-62-75(80)87-67-72(93-76(81)63-59-55-51-47-41-28-24-20-16-12-8-4)69-91-95(83,84)89-65-71(78)66-90-96(85,86)92-70-73(94-77(82)64-60-56-52-48-44-38-31-27-23-19-15-11-7-3)68-88-74(79)61-57-53-49-45-42-39-36-33-30-26-22-18-14-10-6-2/h9,13,21-22,25-27,31-34,36-37,40,46,50,71-73,78H,5-8,10-12,14-20,23-24,28-30,35,38-39,41-45,47-49,51-70H2,1-4H3,(H,83,84)(H,85,86)/b13-9-,25-21-,26-22-,31-27-,34-32-,36-33-,40-37-,50-46-. The summed E-state index contributed by atoms with van der Waals surface area (Å²) >= 11 is 0. The Bertz CT molecular complexity index is 2200. The molecule has 0 spiro atoms. The summed E-state index contributed by atoms with van der Waals surface area (Å²) < 4.78 is 68.3. The van der Waals surface area contributed by atoms with Crippen LogP contribution in [0.3, 0.4) is 0 Å². The van der Waals surface area contributed by atoms with E-state index in [4.69, 9.17) is 37.0 Å². The highest BCUT2D eigenvalue weighted by atomic mass is 31.2. The van der Waals surface area contributed by atoms with Crippen molar-refractivity contribution in [2.24, 2.45) is 0 Å². The maximum atomic E-state index is 13.1. The van der Waals surface area contributed by atoms with Gasteiger partial charge in [0, 0.05) is 25.7 Å². The first-order valence-electron chi connectivity index (χ1n) is 37.5. The molecule has 96 heavy (non-hydrogen) atoms. The SMILES string of the molecule is CC/C=C\C/C=C\C/C=C\C/C=C\C/C=C\CCCC(=O)OCC(COP(=O)(O)OCC(O)COP(=O)(O)OCC(COC(=O)CCCCCCC/C=C\C/C=C\CCCCC)OC(=O)CCCCCCC/C=C\CCCCCC)OC(=O)CCCCCCCCCCCCC. The van der Waals surface area contributed by atoms with Crippen molar-refractivity contribution in [1.29, 1.82) is 0 Å². The molecule has 554 valence electrons. The van der Waals surface area contributed by atoms with E-state index >= 15 is 0 Å². The van der Waals surface area contributed by atoms with Gasteiger partial charge in [-0.3, -0.25) is 37.3 Å². The number of carbonyl (C=O) groups is 4. The summed E-state index contributed by atoms with van der Waals surface area (Å²) in [4.78, 5) is 72.7. The molecule has 0 heterocycles. The van der Waals surface area contributed by atoms with Crippen molar-refractivity contribution in [2.75, 3.05) is 39.6 Å². The summed E-state index contributed by atoms with van der Waals surface area (Å²) in [5.74, 6) is -2.26. The van der Waals surface area contributed by atoms with E-state index in [-0.39, 0.29) is 25.7 Å². The Morgan fingerprint density at radius 1 is 0.302 bits per heavy atom. The van der Waals surface area contributed by atoms with Crippen LogP contribution in [-0.2, 0) is 65.4 Å². The van der Waals surface area contributed by atoms with Gasteiger partial charge in [0.15, 0.2) is 12.2 Å². The highest BCUT2D eigenvalue weighted by molar-refractivity contribution is 7.47. The van der Waals surface area contributed by atoms with Crippen molar-refractivity contribution < 1.29 is 80.2 Å². The summed E-state index contributed by atoms with van der Waals surface area (Å²) in [7, 11) is -9.96. The molecule has 17 nitrogen and oxygen atoms in total. The number of hydrogen-bond acceptors (Lipinski definition) is 15. The lowest BCUT2D eigenvalue weighted by Crippen LogP contribution is -2.30. The number of ether oxygens (including phenoxy) is 4. The van der Waals surface area contributed by atoms with Crippen molar-refractivity contribution in [1.82, 2.24) is 0 Å². The van der Waals surface area contributed by atoms with Gasteiger partial charge in [0.05, 0.1) is 26.4 Å². The second kappa shape index (κ2) is 69.5. The summed E-state index contributed by atoms with van der Waals surface area (Å²) in [6.45, 7) is 4.63. The van der Waals surface area contributed by atoms with Gasteiger partial charge >= 0.3 is 39.5 Å². The number of hydrogen-bond donors (Lipinski definition) is 3. The first-order chi connectivity index (χ1) is 46.7. The highest BCUT2D eigenvalue weighted by Gasteiger charge is 2.30. The molecule has 0 bridgehead atoms. The van der Waals surface area contributed by atoms with Crippen LogP contribution >= 0.6 is 15.6 Å². The predicted molar refractivity (Wildman–Crippen MR) is 390 cm³/mol. The maximum Gasteiger partial charge on any atom is 0.472 e. The lowest BCUT2D eigenvalue weighted by Gasteiger charge is -2.21. The summed E-state index contributed by atoms with van der Waals surface area (Å²) in [5.41, 5.74) is 0. The number of phosphoric ester groups is 2. The van der Waals surface area contributed by atoms with Gasteiger partial charge < -0.3 is 33.8 Å². The number of carbonyl (C=O) groups excluding carboxylic acids is 4. The van der Waals surface area contributed by atoms with E-state index in [1.807, 2.05) is 12.2 Å². The molecule has 5 unspecified atom stereocenters. The van der Waals surface area contributed by atoms with Gasteiger partial charge in [-0.2, -0.15) is 0 Å². The number of rotatable bonds is 70. The van der Waals surface area contributed by atoms with Crippen LogP contribution in [0, 0.1) is 0 Å². The average Bonchev–Trinajstić information content (AvgIpc) is 1.13. The third-order valence-corrected chi connectivity index (χ3v) is 17.4. The van der Waals surface area contributed by atoms with Gasteiger partial charge in [-0.1, -0.05) is 260 Å². The third-order valence-electron chi connectivity index (χ3n) is 15.5. The van der Waals surface area contributed by atoms with E-state index in [2.05, 4.69) is 113 Å². The van der Waals surface area contributed by atoms with Crippen LogP contribution in [0.15, 0.2) is 97.2 Å². The minimum atomic E-state index is -4.98. The monoisotopic (exact) mass is 1390 g/mol. The van der Waals surface area contributed by atoms with Gasteiger partial charge in [-0.15, -0.1) is 0 Å². The van der Waals surface area contributed by atoms with Crippen LogP contribution in [-0.4, -0.2) is 96.7 Å². The van der Waals surface area contributed by atoms with Crippen LogP contribution in [0.2, 0.25) is 0 Å². The lowest BCUT2D eigenvalue weighted by molar-refractivity contribution is -0.161. The largest absolute Gasteiger partial charge is 0.472 e. The molecule has 0 saturated heterocycles. The summed E-state index contributed by atoms with van der Waals surface area (Å²) in [6, 6.07) is 0. The van der Waals surface area contributed by atoms with Crippen molar-refractivity contribution in [3.05, 3.63) is 97.2 Å². The number of unbranched alkanes of at least 4 members (excludes halogenated alkanes) is 28. The maximum absolute atomic E-state index is 13.1. The van der Waals surface area contributed by atoms with E-state index in [1.165, 1.54) is 83.5 Å². The molecule has 0 aromatic heterocycles. The summed E-state index contributed by atoms with van der Waals surface area (Å²) in [5, 5.41) is 10.6. The van der Waals surface area contributed by atoms with E-state index in [0.29, 0.717) is 32.1 Å². The molecule has 3 N–H and O–H groups in total. The zero-order valence-corrected chi connectivity index (χ0v) is 62.1. The second-order valence-electron chi connectivity index (χ2n) is 24.9. The molecular weight excluding hydrogens is 1260 g/mol. The quantitative estimate of drug-likeness (QED) is 0.0169. The molecule has 0 radical (unpaired) electrons. The summed E-state index contributed by atoms with van der Waals surface area (Å²) in [6.07, 6.45) is 71.3. The molecule has 0 aliphatic carbocycles. The smallest absolute Gasteiger partial charge is 0.462 e. The second-order valence-corrected chi connectivity index (χ2v) is 27.8. The van der Waals surface area contributed by atoms with Gasteiger partial charge in [0.1, 0.15) is 19.3 Å². The molecule has 0 amide bonds. The molecule has 0 aliphatic rings. The van der Waals surface area contributed by atoms with E-state index < -0.39 is 97.5 Å². The van der Waals surface area contributed by atoms with Crippen LogP contribution in [0.1, 0.15) is 310 Å². The molecule has 0 saturated carbocycles. The molecule has 5 atom stereocenters. The molecule has 0 fully saturated rings. The van der Waals surface area contributed by atoms with Crippen LogP contribution in [0.5, 0.6) is 0 Å². The molecule has 0 rings (SSSR count). The number of aliphatic hydroxyl groups excluding tert-OH is 1. The van der Waals surface area contributed by atoms with Gasteiger partial charge in [0.25, 0.3) is 0 Å². The Labute approximate surface area is 582 Å². The lowest BCUT2D eigenvalue weighted by atomic mass is 10.1. The third kappa shape index (κ3) is 68.5. The van der Waals surface area contributed by atoms with Crippen LogP contribution in [0.4, 0.5) is 0 Å². The zero-order valence-electron chi connectivity index (χ0n) is 60.3.